The second-order valence-corrected chi connectivity index (χ2v) is 5.73. The number of hydrogen-bond acceptors (Lipinski definition) is 4. The van der Waals surface area contributed by atoms with Crippen molar-refractivity contribution in [2.24, 2.45) is 0 Å². The molecule has 0 saturated carbocycles. The highest BCUT2D eigenvalue weighted by Crippen LogP contribution is 2.19. The smallest absolute Gasteiger partial charge is 0.359 e. The van der Waals surface area contributed by atoms with Crippen LogP contribution in [0.2, 0.25) is 5.02 Å². The molecule has 0 N–H and O–H groups in total. The van der Waals surface area contributed by atoms with Crippen molar-refractivity contribution in [2.45, 2.75) is 33.3 Å². The topological polar surface area (TPSA) is 52.1 Å². The number of ether oxygens (including phenoxy) is 1. The average molecular weight is 279 g/mol. The first-order chi connectivity index (χ1) is 8.76. The van der Waals surface area contributed by atoms with Crippen molar-refractivity contribution < 1.29 is 9.53 Å². The summed E-state index contributed by atoms with van der Waals surface area (Å²) in [4.78, 5) is 20.7. The quantitative estimate of drug-likeness (QED) is 0.749. The van der Waals surface area contributed by atoms with Crippen molar-refractivity contribution in [1.29, 1.82) is 0 Å². The number of nitrogens with zero attached hydrogens (tertiary/aromatic N) is 2. The standard InChI is InChI=1S/C14H15ClN2O2/c1-8-12(13(18)19-14(2,3)4)17-11-7-9(15)5-6-10(11)16-8/h5-7H,1-4H3. The third kappa shape index (κ3) is 3.20. The SMILES string of the molecule is Cc1nc2ccc(Cl)cc2nc1C(=O)OC(C)(C)C. The normalized spacial score (nSPS) is 11.6. The van der Waals surface area contributed by atoms with E-state index in [0.29, 0.717) is 21.7 Å². The van der Waals surface area contributed by atoms with E-state index in [1.807, 2.05) is 20.8 Å². The van der Waals surface area contributed by atoms with E-state index >= 15 is 0 Å². The molecule has 4 nitrogen and oxygen atoms in total. The van der Waals surface area contributed by atoms with Gasteiger partial charge in [0.05, 0.1) is 16.7 Å². The number of esters is 1. The highest BCUT2D eigenvalue weighted by molar-refractivity contribution is 6.31. The number of aromatic nitrogens is 2. The average Bonchev–Trinajstić information content (AvgIpc) is 2.26. The fourth-order valence-corrected chi connectivity index (χ4v) is 1.80. The molecular formula is C14H15ClN2O2. The maximum atomic E-state index is 12.1. The molecule has 100 valence electrons. The van der Waals surface area contributed by atoms with Gasteiger partial charge in [0, 0.05) is 5.02 Å². The molecule has 0 aliphatic heterocycles. The number of rotatable bonds is 1. The van der Waals surface area contributed by atoms with E-state index in [0.717, 1.165) is 0 Å². The molecule has 0 bridgehead atoms. The summed E-state index contributed by atoms with van der Waals surface area (Å²) in [5, 5.41) is 0.556. The van der Waals surface area contributed by atoms with Gasteiger partial charge in [-0.1, -0.05) is 11.6 Å². The van der Waals surface area contributed by atoms with Crippen LogP contribution < -0.4 is 0 Å². The molecule has 2 aromatic rings. The van der Waals surface area contributed by atoms with Crippen LogP contribution in [0.1, 0.15) is 37.0 Å². The minimum absolute atomic E-state index is 0.227. The van der Waals surface area contributed by atoms with Crippen molar-refractivity contribution in [3.05, 3.63) is 34.6 Å². The van der Waals surface area contributed by atoms with Crippen LogP contribution in [-0.2, 0) is 4.74 Å². The zero-order chi connectivity index (χ0) is 14.2. The van der Waals surface area contributed by atoms with E-state index in [1.165, 1.54) is 0 Å². The van der Waals surface area contributed by atoms with Gasteiger partial charge < -0.3 is 4.74 Å². The molecule has 0 atom stereocenters. The lowest BCUT2D eigenvalue weighted by molar-refractivity contribution is 0.00619. The van der Waals surface area contributed by atoms with Crippen LogP contribution >= 0.6 is 11.6 Å². The van der Waals surface area contributed by atoms with Crippen LogP contribution in [-0.4, -0.2) is 21.5 Å². The first-order valence-electron chi connectivity index (χ1n) is 5.93. The minimum Gasteiger partial charge on any atom is -0.455 e. The molecule has 1 heterocycles. The largest absolute Gasteiger partial charge is 0.455 e. The van der Waals surface area contributed by atoms with Crippen molar-refractivity contribution >= 4 is 28.6 Å². The molecule has 0 spiro atoms. The summed E-state index contributed by atoms with van der Waals surface area (Å²) in [5.74, 6) is -0.473. The first-order valence-corrected chi connectivity index (χ1v) is 6.31. The van der Waals surface area contributed by atoms with Crippen LogP contribution in [0.5, 0.6) is 0 Å². The molecule has 0 fully saturated rings. The van der Waals surface area contributed by atoms with Gasteiger partial charge in [0.2, 0.25) is 0 Å². The predicted molar refractivity (Wildman–Crippen MR) is 74.5 cm³/mol. The van der Waals surface area contributed by atoms with Gasteiger partial charge in [0.1, 0.15) is 5.60 Å². The lowest BCUT2D eigenvalue weighted by Gasteiger charge is -2.19. The Bertz CT molecular complexity index is 648. The van der Waals surface area contributed by atoms with Crippen LogP contribution in [0.3, 0.4) is 0 Å². The van der Waals surface area contributed by atoms with E-state index in [2.05, 4.69) is 9.97 Å². The van der Waals surface area contributed by atoms with Gasteiger partial charge in [-0.05, 0) is 45.9 Å². The van der Waals surface area contributed by atoms with Gasteiger partial charge in [-0.3, -0.25) is 0 Å². The second-order valence-electron chi connectivity index (χ2n) is 5.29. The van der Waals surface area contributed by atoms with Crippen LogP contribution in [0.4, 0.5) is 0 Å². The van der Waals surface area contributed by atoms with Gasteiger partial charge in [0.15, 0.2) is 5.69 Å². The van der Waals surface area contributed by atoms with E-state index in [1.54, 1.807) is 25.1 Å². The number of carbonyl (C=O) groups is 1. The van der Waals surface area contributed by atoms with Gasteiger partial charge >= 0.3 is 5.97 Å². The lowest BCUT2D eigenvalue weighted by Crippen LogP contribution is -2.25. The van der Waals surface area contributed by atoms with E-state index in [9.17, 15) is 4.79 Å². The number of carbonyl (C=O) groups excluding carboxylic acids is 1. The Balaban J connectivity index is 2.48. The number of halogens is 1. The highest BCUT2D eigenvalue weighted by Gasteiger charge is 2.21. The molecule has 5 heteroatoms. The molecule has 2 rings (SSSR count). The van der Waals surface area contributed by atoms with Crippen molar-refractivity contribution in [3.63, 3.8) is 0 Å². The van der Waals surface area contributed by atoms with Crippen molar-refractivity contribution in [2.75, 3.05) is 0 Å². The van der Waals surface area contributed by atoms with Gasteiger partial charge in [0.25, 0.3) is 0 Å². The summed E-state index contributed by atoms with van der Waals surface area (Å²) in [7, 11) is 0. The zero-order valence-corrected chi connectivity index (χ0v) is 12.1. The Morgan fingerprint density at radius 3 is 2.53 bits per heavy atom. The van der Waals surface area contributed by atoms with Gasteiger partial charge in [-0.25, -0.2) is 14.8 Å². The molecule has 1 aromatic heterocycles. The highest BCUT2D eigenvalue weighted by atomic mass is 35.5. The molecule has 0 aliphatic rings. The Hall–Kier alpha value is -1.68. The summed E-state index contributed by atoms with van der Waals surface area (Å²) in [6.07, 6.45) is 0. The van der Waals surface area contributed by atoms with Gasteiger partial charge in [-0.2, -0.15) is 0 Å². The maximum absolute atomic E-state index is 12.1. The Morgan fingerprint density at radius 1 is 1.21 bits per heavy atom. The first kappa shape index (κ1) is 13.7. The second kappa shape index (κ2) is 4.78. The molecule has 19 heavy (non-hydrogen) atoms. The van der Waals surface area contributed by atoms with E-state index < -0.39 is 11.6 Å². The summed E-state index contributed by atoms with van der Waals surface area (Å²) in [5.41, 5.74) is 1.50. The summed E-state index contributed by atoms with van der Waals surface area (Å²) in [6.45, 7) is 7.17. The lowest BCUT2D eigenvalue weighted by atomic mass is 10.2. The number of hydrogen-bond donors (Lipinski definition) is 0. The molecule has 0 saturated heterocycles. The molecule has 0 aliphatic carbocycles. The van der Waals surface area contributed by atoms with Crippen molar-refractivity contribution in [1.82, 2.24) is 9.97 Å². The molecule has 0 unspecified atom stereocenters. The fraction of sp³-hybridized carbons (Fsp3) is 0.357. The predicted octanol–water partition coefficient (Wildman–Crippen LogP) is 3.55. The van der Waals surface area contributed by atoms with Crippen LogP contribution in [0, 0.1) is 6.92 Å². The van der Waals surface area contributed by atoms with E-state index in [-0.39, 0.29) is 5.69 Å². The Labute approximate surface area is 116 Å². The molecule has 0 radical (unpaired) electrons. The van der Waals surface area contributed by atoms with Crippen LogP contribution in [0.15, 0.2) is 18.2 Å². The monoisotopic (exact) mass is 278 g/mol. The Kier molecular flexibility index (Phi) is 3.45. The third-order valence-electron chi connectivity index (χ3n) is 2.39. The Morgan fingerprint density at radius 2 is 1.89 bits per heavy atom. The fourth-order valence-electron chi connectivity index (χ4n) is 1.64. The number of benzene rings is 1. The third-order valence-corrected chi connectivity index (χ3v) is 2.63. The summed E-state index contributed by atoms with van der Waals surface area (Å²) < 4.78 is 5.31. The number of fused-ring (bicyclic) bond motifs is 1. The summed E-state index contributed by atoms with van der Waals surface area (Å²) >= 11 is 5.91. The van der Waals surface area contributed by atoms with Crippen molar-refractivity contribution in [3.8, 4) is 0 Å². The zero-order valence-electron chi connectivity index (χ0n) is 11.3. The van der Waals surface area contributed by atoms with Gasteiger partial charge in [-0.15, -0.1) is 0 Å². The molecule has 1 aromatic carbocycles. The number of aryl methyl sites for hydroxylation is 1. The van der Waals surface area contributed by atoms with E-state index in [4.69, 9.17) is 16.3 Å². The maximum Gasteiger partial charge on any atom is 0.359 e. The minimum atomic E-state index is -0.561. The molecule has 0 amide bonds. The summed E-state index contributed by atoms with van der Waals surface area (Å²) in [6, 6.07) is 5.19. The molecular weight excluding hydrogens is 264 g/mol. The van der Waals surface area contributed by atoms with Crippen LogP contribution in [0.25, 0.3) is 11.0 Å².